The summed E-state index contributed by atoms with van der Waals surface area (Å²) < 4.78 is 7.10. The normalized spacial score (nSPS) is 10.7. The molecule has 1 N–H and O–H groups in total. The smallest absolute Gasteiger partial charge is 0.352 e. The van der Waals surface area contributed by atoms with Crippen LogP contribution in [0, 0.1) is 6.92 Å². The van der Waals surface area contributed by atoms with E-state index in [1.165, 1.54) is 0 Å². The molecule has 0 aliphatic rings. The van der Waals surface area contributed by atoms with Crippen LogP contribution in [0.15, 0.2) is 64.2 Å². The van der Waals surface area contributed by atoms with Gasteiger partial charge in [0.15, 0.2) is 0 Å². The van der Waals surface area contributed by atoms with E-state index in [1.807, 2.05) is 43.3 Å². The highest BCUT2D eigenvalue weighted by atomic mass is 16.5. The Hall–Kier alpha value is -3.52. The summed E-state index contributed by atoms with van der Waals surface area (Å²) in [4.78, 5) is 38.7. The predicted molar refractivity (Wildman–Crippen MR) is 113 cm³/mol. The summed E-state index contributed by atoms with van der Waals surface area (Å²) in [5.74, 6) is -0.626. The number of aryl methyl sites for hydroxylation is 1. The first-order valence-corrected chi connectivity index (χ1v) is 9.63. The van der Waals surface area contributed by atoms with E-state index in [0.717, 1.165) is 20.4 Å². The number of carbonyl (C=O) groups is 1. The number of benzene rings is 2. The van der Waals surface area contributed by atoms with Gasteiger partial charge in [-0.1, -0.05) is 42.5 Å². The van der Waals surface area contributed by atoms with Gasteiger partial charge in [-0.15, -0.1) is 0 Å². The molecule has 0 radical (unpaired) electrons. The Morgan fingerprint density at radius 1 is 1.10 bits per heavy atom. The van der Waals surface area contributed by atoms with Crippen molar-refractivity contribution in [2.75, 3.05) is 20.3 Å². The van der Waals surface area contributed by atoms with E-state index in [1.54, 1.807) is 25.3 Å². The fraction of sp³-hybridized carbons (Fsp3) is 0.273. The molecule has 1 heterocycles. The lowest BCUT2D eigenvalue weighted by atomic mass is 10.2. The second-order valence-corrected chi connectivity index (χ2v) is 6.86. The third-order valence-corrected chi connectivity index (χ3v) is 4.52. The maximum atomic E-state index is 13.1. The van der Waals surface area contributed by atoms with Crippen LogP contribution < -0.4 is 16.6 Å². The molecule has 1 aromatic heterocycles. The van der Waals surface area contributed by atoms with Gasteiger partial charge in [0.25, 0.3) is 11.5 Å². The minimum atomic E-state index is -0.725. The number of rotatable bonds is 8. The van der Waals surface area contributed by atoms with Crippen LogP contribution in [0.4, 0.5) is 0 Å². The molecular formula is C22H24N4O4. The van der Waals surface area contributed by atoms with Gasteiger partial charge in [-0.25, -0.2) is 4.79 Å². The SMILES string of the molecule is COCCCNC(=O)c1nn(-c2cccc(C)c2)c(=O)n(Cc2ccccc2)c1=O. The summed E-state index contributed by atoms with van der Waals surface area (Å²) in [5.41, 5.74) is 0.514. The first kappa shape index (κ1) is 21.2. The number of ether oxygens (including phenoxy) is 1. The fourth-order valence-electron chi connectivity index (χ4n) is 2.99. The summed E-state index contributed by atoms with van der Waals surface area (Å²) in [6.45, 7) is 2.74. The van der Waals surface area contributed by atoms with Crippen molar-refractivity contribution >= 4 is 5.91 Å². The zero-order valence-electron chi connectivity index (χ0n) is 17.0. The minimum absolute atomic E-state index is 0.0385. The van der Waals surface area contributed by atoms with Crippen molar-refractivity contribution in [3.63, 3.8) is 0 Å². The zero-order chi connectivity index (χ0) is 21.5. The van der Waals surface area contributed by atoms with Crippen LogP contribution in [-0.2, 0) is 11.3 Å². The van der Waals surface area contributed by atoms with E-state index in [2.05, 4.69) is 10.4 Å². The fourth-order valence-corrected chi connectivity index (χ4v) is 2.99. The molecular weight excluding hydrogens is 384 g/mol. The first-order valence-electron chi connectivity index (χ1n) is 9.63. The lowest BCUT2D eigenvalue weighted by Gasteiger charge is -2.12. The molecule has 0 aliphatic heterocycles. The van der Waals surface area contributed by atoms with Crippen molar-refractivity contribution in [2.45, 2.75) is 19.9 Å². The molecule has 0 unspecified atom stereocenters. The van der Waals surface area contributed by atoms with Crippen LogP contribution >= 0.6 is 0 Å². The molecule has 0 aliphatic carbocycles. The predicted octanol–water partition coefficient (Wildman–Crippen LogP) is 1.52. The van der Waals surface area contributed by atoms with Gasteiger partial charge in [-0.3, -0.25) is 14.2 Å². The maximum absolute atomic E-state index is 13.1. The van der Waals surface area contributed by atoms with Gasteiger partial charge in [-0.2, -0.15) is 9.78 Å². The summed E-state index contributed by atoms with van der Waals surface area (Å²) in [6, 6.07) is 16.3. The van der Waals surface area contributed by atoms with E-state index in [4.69, 9.17) is 4.74 Å². The Kier molecular flexibility index (Phi) is 6.92. The van der Waals surface area contributed by atoms with Crippen molar-refractivity contribution in [3.05, 3.63) is 92.3 Å². The van der Waals surface area contributed by atoms with Gasteiger partial charge in [0, 0.05) is 20.3 Å². The maximum Gasteiger partial charge on any atom is 0.352 e. The van der Waals surface area contributed by atoms with E-state index >= 15 is 0 Å². The molecule has 2 aromatic carbocycles. The van der Waals surface area contributed by atoms with Gasteiger partial charge in [0.05, 0.1) is 12.2 Å². The number of nitrogens with one attached hydrogen (secondary N) is 1. The highest BCUT2D eigenvalue weighted by Crippen LogP contribution is 2.07. The van der Waals surface area contributed by atoms with E-state index in [-0.39, 0.29) is 12.2 Å². The monoisotopic (exact) mass is 408 g/mol. The molecule has 30 heavy (non-hydrogen) atoms. The van der Waals surface area contributed by atoms with Gasteiger partial charge < -0.3 is 10.1 Å². The van der Waals surface area contributed by atoms with Crippen molar-refractivity contribution in [1.29, 1.82) is 0 Å². The molecule has 3 aromatic rings. The molecule has 0 saturated heterocycles. The van der Waals surface area contributed by atoms with Crippen LogP contribution in [0.1, 0.15) is 28.0 Å². The highest BCUT2D eigenvalue weighted by Gasteiger charge is 2.20. The molecule has 0 fully saturated rings. The molecule has 0 saturated carbocycles. The first-order chi connectivity index (χ1) is 14.5. The van der Waals surface area contributed by atoms with Gasteiger partial charge in [0.1, 0.15) is 0 Å². The molecule has 1 amide bonds. The van der Waals surface area contributed by atoms with Crippen LogP contribution in [0.2, 0.25) is 0 Å². The number of hydrogen-bond donors (Lipinski definition) is 1. The molecule has 0 spiro atoms. The Morgan fingerprint density at radius 2 is 1.87 bits per heavy atom. The summed E-state index contributed by atoms with van der Waals surface area (Å²) in [6.07, 6.45) is 0.595. The lowest BCUT2D eigenvalue weighted by molar-refractivity contribution is 0.0938. The summed E-state index contributed by atoms with van der Waals surface area (Å²) in [7, 11) is 1.57. The second-order valence-electron chi connectivity index (χ2n) is 6.86. The Balaban J connectivity index is 2.08. The average Bonchev–Trinajstić information content (AvgIpc) is 2.75. The van der Waals surface area contributed by atoms with Crippen LogP contribution in [0.5, 0.6) is 0 Å². The summed E-state index contributed by atoms with van der Waals surface area (Å²) >= 11 is 0. The summed E-state index contributed by atoms with van der Waals surface area (Å²) in [5, 5.41) is 6.78. The van der Waals surface area contributed by atoms with Crippen molar-refractivity contribution in [3.8, 4) is 5.69 Å². The molecule has 156 valence electrons. The number of nitrogens with zero attached hydrogens (tertiary/aromatic N) is 3. The van der Waals surface area contributed by atoms with Crippen LogP contribution in [-0.4, -0.2) is 40.5 Å². The number of methoxy groups -OCH3 is 1. The van der Waals surface area contributed by atoms with E-state index in [0.29, 0.717) is 25.3 Å². The molecule has 3 rings (SSSR count). The minimum Gasteiger partial charge on any atom is -0.385 e. The Labute approximate surface area is 173 Å². The van der Waals surface area contributed by atoms with Crippen molar-refractivity contribution in [2.24, 2.45) is 0 Å². The largest absolute Gasteiger partial charge is 0.385 e. The number of carbonyl (C=O) groups excluding carboxylic acids is 1. The van der Waals surface area contributed by atoms with E-state index in [9.17, 15) is 14.4 Å². The van der Waals surface area contributed by atoms with E-state index < -0.39 is 17.2 Å². The lowest BCUT2D eigenvalue weighted by Crippen LogP contribution is -2.46. The van der Waals surface area contributed by atoms with Gasteiger partial charge in [0.2, 0.25) is 5.69 Å². The topological polar surface area (TPSA) is 95.2 Å². The second kappa shape index (κ2) is 9.80. The quantitative estimate of drug-likeness (QED) is 0.570. The Morgan fingerprint density at radius 3 is 2.57 bits per heavy atom. The Bertz CT molecular complexity index is 1140. The third-order valence-electron chi connectivity index (χ3n) is 4.52. The molecule has 0 bridgehead atoms. The molecule has 8 heteroatoms. The van der Waals surface area contributed by atoms with Gasteiger partial charge >= 0.3 is 5.69 Å². The molecule has 0 atom stereocenters. The number of aromatic nitrogens is 3. The van der Waals surface area contributed by atoms with Crippen molar-refractivity contribution < 1.29 is 9.53 Å². The number of hydrogen-bond acceptors (Lipinski definition) is 5. The van der Waals surface area contributed by atoms with Crippen molar-refractivity contribution in [1.82, 2.24) is 19.7 Å². The highest BCUT2D eigenvalue weighted by molar-refractivity contribution is 5.91. The zero-order valence-corrected chi connectivity index (χ0v) is 17.0. The average molecular weight is 408 g/mol. The van der Waals surface area contributed by atoms with Crippen LogP contribution in [0.3, 0.4) is 0 Å². The van der Waals surface area contributed by atoms with Crippen LogP contribution in [0.25, 0.3) is 5.69 Å². The molecule has 8 nitrogen and oxygen atoms in total. The third kappa shape index (κ3) is 4.90. The standard InChI is InChI=1S/C22H24N4O4/c1-16-8-6-11-18(14-16)26-22(29)25(15-17-9-4-3-5-10-17)21(28)19(24-26)20(27)23-12-7-13-30-2/h3-6,8-11,14H,7,12-13,15H2,1-2H3,(H,23,27). The van der Waals surface area contributed by atoms with Gasteiger partial charge in [-0.05, 0) is 36.6 Å². The number of amides is 1.